The quantitative estimate of drug-likeness (QED) is 0.484. The van der Waals surface area contributed by atoms with Crippen molar-refractivity contribution in [3.63, 3.8) is 0 Å². The largest absolute Gasteiger partial charge is 0.497 e. The Morgan fingerprint density at radius 1 is 1.00 bits per heavy atom. The molecule has 0 fully saturated rings. The lowest BCUT2D eigenvalue weighted by molar-refractivity contribution is -0.368. The van der Waals surface area contributed by atoms with E-state index in [4.69, 9.17) is 15.2 Å². The predicted octanol–water partition coefficient (Wildman–Crippen LogP) is 5.10. The van der Waals surface area contributed by atoms with Crippen LogP contribution in [0, 0.1) is 0 Å². The summed E-state index contributed by atoms with van der Waals surface area (Å²) in [7, 11) is 1.69. The van der Waals surface area contributed by atoms with Crippen molar-refractivity contribution in [2.24, 2.45) is 0 Å². The zero-order valence-electron chi connectivity index (χ0n) is 16.6. The molecule has 5 heteroatoms. The van der Waals surface area contributed by atoms with Gasteiger partial charge in [0.15, 0.2) is 0 Å². The number of rotatable bonds is 10. The summed E-state index contributed by atoms with van der Waals surface area (Å²) in [5.41, 5.74) is 9.58. The first-order chi connectivity index (χ1) is 13.7. The number of aromatic nitrogens is 1. The molecule has 4 nitrogen and oxygen atoms in total. The minimum atomic E-state index is 0.205. The van der Waals surface area contributed by atoms with Crippen molar-refractivity contribution in [1.82, 2.24) is 0 Å². The molecule has 0 amide bonds. The first kappa shape index (κ1) is 20.2. The summed E-state index contributed by atoms with van der Waals surface area (Å²) >= 11 is 1.54. The highest BCUT2D eigenvalue weighted by Gasteiger charge is 2.20. The minimum Gasteiger partial charge on any atom is -0.497 e. The maximum absolute atomic E-state index is 5.96. The molecule has 0 aliphatic heterocycles. The fourth-order valence-electron chi connectivity index (χ4n) is 3.24. The minimum absolute atomic E-state index is 0.205. The van der Waals surface area contributed by atoms with Gasteiger partial charge in [0.25, 0.3) is 0 Å². The molecule has 2 aromatic carbocycles. The third kappa shape index (κ3) is 5.49. The molecule has 0 saturated carbocycles. The molecule has 0 saturated heterocycles. The fourth-order valence-corrected chi connectivity index (χ4v) is 3.89. The lowest BCUT2D eigenvalue weighted by Gasteiger charge is -2.15. The van der Waals surface area contributed by atoms with Crippen LogP contribution in [0.25, 0.3) is 0 Å². The molecule has 0 aliphatic rings. The van der Waals surface area contributed by atoms with E-state index in [1.807, 2.05) is 12.1 Å². The monoisotopic (exact) mass is 397 g/mol. The van der Waals surface area contributed by atoms with Gasteiger partial charge in [0.1, 0.15) is 17.2 Å². The molecular weight excluding hydrogens is 368 g/mol. The molecule has 3 N–H and O–H groups in total. The zero-order chi connectivity index (χ0) is 19.8. The van der Waals surface area contributed by atoms with Crippen molar-refractivity contribution in [3.05, 3.63) is 70.7 Å². The maximum atomic E-state index is 5.96. The number of benzene rings is 2. The smallest absolute Gasteiger partial charge is 0.329 e. The summed E-state index contributed by atoms with van der Waals surface area (Å²) in [4.78, 5) is 3.32. The highest BCUT2D eigenvalue weighted by Crippen LogP contribution is 2.30. The number of ether oxygens (including phenoxy) is 2. The van der Waals surface area contributed by atoms with Crippen LogP contribution in [0.3, 0.4) is 0 Å². The van der Waals surface area contributed by atoms with Gasteiger partial charge in [0.2, 0.25) is 0 Å². The maximum Gasteiger partial charge on any atom is 0.329 e. The van der Waals surface area contributed by atoms with Crippen LogP contribution >= 0.6 is 11.3 Å². The lowest BCUT2D eigenvalue weighted by Crippen LogP contribution is -2.17. The average Bonchev–Trinajstić information content (AvgIpc) is 3.16. The molecule has 1 aromatic heterocycles. The molecule has 0 bridgehead atoms. The van der Waals surface area contributed by atoms with Crippen molar-refractivity contribution in [1.29, 1.82) is 0 Å². The van der Waals surface area contributed by atoms with Gasteiger partial charge in [-0.1, -0.05) is 55.4 Å². The highest BCUT2D eigenvalue weighted by molar-refractivity contribution is 7.13. The van der Waals surface area contributed by atoms with E-state index in [2.05, 4.69) is 53.7 Å². The number of nitrogen functional groups attached to an aromatic ring is 1. The van der Waals surface area contributed by atoms with Gasteiger partial charge in [-0.05, 0) is 48.2 Å². The van der Waals surface area contributed by atoms with Crippen LogP contribution in [0.5, 0.6) is 11.5 Å². The Morgan fingerprint density at radius 2 is 1.71 bits per heavy atom. The van der Waals surface area contributed by atoms with Crippen molar-refractivity contribution < 1.29 is 14.5 Å². The van der Waals surface area contributed by atoms with Crippen molar-refractivity contribution in [2.75, 3.05) is 19.5 Å². The van der Waals surface area contributed by atoms with Crippen LogP contribution in [-0.2, 0) is 6.42 Å². The van der Waals surface area contributed by atoms with Gasteiger partial charge in [-0.15, -0.1) is 0 Å². The van der Waals surface area contributed by atoms with Crippen LogP contribution in [0.15, 0.2) is 53.9 Å². The summed E-state index contributed by atoms with van der Waals surface area (Å²) in [6.07, 6.45) is 4.39. The molecular formula is C23H29N2O2S+. The number of unbranched alkanes of at least 4 members (excludes halogenated alkanes) is 2. The van der Waals surface area contributed by atoms with Crippen LogP contribution in [0.1, 0.15) is 48.9 Å². The predicted molar refractivity (Wildman–Crippen MR) is 115 cm³/mol. The summed E-state index contributed by atoms with van der Waals surface area (Å²) in [6.45, 7) is 2.98. The molecule has 3 rings (SSSR count). The van der Waals surface area contributed by atoms with E-state index < -0.39 is 0 Å². The van der Waals surface area contributed by atoms with E-state index in [0.717, 1.165) is 41.8 Å². The normalized spacial score (nSPS) is 11.9. The van der Waals surface area contributed by atoms with Gasteiger partial charge in [-0.2, -0.15) is 0 Å². The molecule has 0 spiro atoms. The van der Waals surface area contributed by atoms with E-state index in [0.29, 0.717) is 0 Å². The van der Waals surface area contributed by atoms with E-state index in [1.165, 1.54) is 24.0 Å². The summed E-state index contributed by atoms with van der Waals surface area (Å²) < 4.78 is 11.1. The zero-order valence-corrected chi connectivity index (χ0v) is 17.4. The first-order valence-corrected chi connectivity index (χ1v) is 10.7. The highest BCUT2D eigenvalue weighted by atomic mass is 32.1. The summed E-state index contributed by atoms with van der Waals surface area (Å²) in [5, 5.41) is 2.84. The number of thiazole rings is 1. The second-order valence-corrected chi connectivity index (χ2v) is 7.82. The molecule has 1 atom stereocenters. The van der Waals surface area contributed by atoms with Crippen LogP contribution < -0.4 is 20.2 Å². The van der Waals surface area contributed by atoms with E-state index in [-0.39, 0.29) is 5.92 Å². The molecule has 0 aliphatic carbocycles. The Morgan fingerprint density at radius 3 is 2.32 bits per heavy atom. The Labute approximate surface area is 171 Å². The molecule has 1 heterocycles. The van der Waals surface area contributed by atoms with Gasteiger partial charge in [0.05, 0.1) is 19.6 Å². The summed E-state index contributed by atoms with van der Waals surface area (Å²) in [5.74, 6) is 2.00. The second-order valence-electron chi connectivity index (χ2n) is 6.91. The Balaban J connectivity index is 1.76. The number of methoxy groups -OCH3 is 1. The van der Waals surface area contributed by atoms with Crippen molar-refractivity contribution in [3.8, 4) is 11.5 Å². The third-order valence-electron chi connectivity index (χ3n) is 4.85. The van der Waals surface area contributed by atoms with Crippen LogP contribution in [0.4, 0.5) is 5.13 Å². The molecule has 3 aromatic rings. The number of hydrogen-bond donors (Lipinski definition) is 1. The molecule has 1 unspecified atom stereocenters. The number of H-pyrrole nitrogens is 1. The van der Waals surface area contributed by atoms with E-state index in [1.54, 1.807) is 18.4 Å². The van der Waals surface area contributed by atoms with Gasteiger partial charge in [0, 0.05) is 5.38 Å². The van der Waals surface area contributed by atoms with Crippen molar-refractivity contribution >= 4 is 16.5 Å². The van der Waals surface area contributed by atoms with E-state index >= 15 is 0 Å². The Hall–Kier alpha value is -2.53. The average molecular weight is 398 g/mol. The van der Waals surface area contributed by atoms with Crippen molar-refractivity contribution in [2.45, 2.75) is 38.5 Å². The van der Waals surface area contributed by atoms with Crippen LogP contribution in [-0.4, -0.2) is 13.7 Å². The molecule has 28 heavy (non-hydrogen) atoms. The molecule has 148 valence electrons. The van der Waals surface area contributed by atoms with Crippen LogP contribution in [0.2, 0.25) is 0 Å². The number of hydrogen-bond acceptors (Lipinski definition) is 4. The standard InChI is InChI=1S/C23H28N2O2S/c1-3-4-5-14-27-20-12-8-18(9-13-20)21(22-16-28-23(24)25-22)15-17-6-10-19(26-2)11-7-17/h6-13,16,21H,3-5,14-15H2,1-2H3,(H2,24,25)/p+1. The first-order valence-electron chi connectivity index (χ1n) is 9.81. The number of anilines is 1. The summed E-state index contributed by atoms with van der Waals surface area (Å²) in [6, 6.07) is 16.7. The number of nitrogens with two attached hydrogens (primary N) is 1. The Bertz CT molecular complexity index is 844. The second kappa shape index (κ2) is 10.1. The topological polar surface area (TPSA) is 58.6 Å². The van der Waals surface area contributed by atoms with E-state index in [9.17, 15) is 0 Å². The third-order valence-corrected chi connectivity index (χ3v) is 5.58. The fraction of sp³-hybridized carbons (Fsp3) is 0.348. The number of nitrogens with one attached hydrogen (secondary N) is 1. The van der Waals surface area contributed by atoms with Gasteiger partial charge < -0.3 is 9.47 Å². The van der Waals surface area contributed by atoms with Gasteiger partial charge in [-0.25, -0.2) is 4.98 Å². The Kier molecular flexibility index (Phi) is 7.31. The SMILES string of the molecule is CCCCCOc1ccc(C(Cc2ccc(OC)cc2)c2csc(N)[nH+]2)cc1. The lowest BCUT2D eigenvalue weighted by atomic mass is 9.89. The van der Waals surface area contributed by atoms with Gasteiger partial charge >= 0.3 is 5.13 Å². The molecule has 0 radical (unpaired) electrons. The van der Waals surface area contributed by atoms with Gasteiger partial charge in [-0.3, -0.25) is 5.73 Å². The number of aromatic amines is 1.